The van der Waals surface area contributed by atoms with Crippen molar-refractivity contribution < 1.29 is 24.3 Å². The Kier molecular flexibility index (Phi) is 10.9. The van der Waals surface area contributed by atoms with E-state index in [0.29, 0.717) is 57.9 Å². The number of rotatable bonds is 13. The van der Waals surface area contributed by atoms with Gasteiger partial charge >= 0.3 is 23.6 Å². The second-order valence-corrected chi connectivity index (χ2v) is 12.7. The maximum absolute atomic E-state index is 13.4. The summed E-state index contributed by atoms with van der Waals surface area (Å²) in [5.41, 5.74) is 2.14. The molecule has 0 bridgehead atoms. The van der Waals surface area contributed by atoms with Gasteiger partial charge in [0.15, 0.2) is 0 Å². The Morgan fingerprint density at radius 1 is 0.705 bits per heavy atom. The molecule has 2 saturated heterocycles. The summed E-state index contributed by atoms with van der Waals surface area (Å²) < 4.78 is 0. The molecule has 3 fully saturated rings. The maximum atomic E-state index is 13.4. The molecule has 1 saturated carbocycles. The van der Waals surface area contributed by atoms with Gasteiger partial charge in [-0.3, -0.25) is 19.2 Å². The molecule has 3 aliphatic rings. The fourth-order valence-corrected chi connectivity index (χ4v) is 7.02. The lowest BCUT2D eigenvalue weighted by atomic mass is 9.86. The SMILES string of the molecule is O=C1NC[C@H](CCCCN2C[C@H](Cc3ccccc3)N(CCC3CCCCC3)C(=O)C2=O)N(CCc2ccc(O)cc2)C1=O. The van der Waals surface area contributed by atoms with Crippen LogP contribution in [0.3, 0.4) is 0 Å². The summed E-state index contributed by atoms with van der Waals surface area (Å²) in [5, 5.41) is 12.3. The number of phenols is 1. The van der Waals surface area contributed by atoms with Crippen molar-refractivity contribution in [2.24, 2.45) is 5.92 Å². The number of nitrogens with zero attached hydrogens (tertiary/aromatic N) is 3. The fraction of sp³-hybridized carbons (Fsp3) is 0.543. The highest BCUT2D eigenvalue weighted by atomic mass is 16.3. The number of benzene rings is 2. The van der Waals surface area contributed by atoms with Crippen LogP contribution in [0.1, 0.15) is 68.9 Å². The number of nitrogens with one attached hydrogen (secondary N) is 1. The van der Waals surface area contributed by atoms with E-state index in [4.69, 9.17) is 0 Å². The molecule has 4 amide bonds. The number of phenolic OH excluding ortho intramolecular Hbond substituents is 1. The summed E-state index contributed by atoms with van der Waals surface area (Å²) in [7, 11) is 0. The molecule has 1 aliphatic carbocycles. The molecule has 9 nitrogen and oxygen atoms in total. The van der Waals surface area contributed by atoms with Crippen LogP contribution in [0.15, 0.2) is 54.6 Å². The van der Waals surface area contributed by atoms with Crippen molar-refractivity contribution in [3.63, 3.8) is 0 Å². The first kappa shape index (κ1) is 31.5. The Morgan fingerprint density at radius 3 is 2.18 bits per heavy atom. The molecule has 2 atom stereocenters. The standard InChI is InChI=1S/C35H46N4O5/c40-31-16-14-27(15-17-31)19-21-38-29(24-36-32(41)33(38)42)13-7-8-20-37-25-30(23-28-11-5-2-6-12-28)39(35(44)34(37)43)22-18-26-9-3-1-4-10-26/h2,5-6,11-12,14-17,26,29-30,40H,1,3-4,7-10,13,18-25H2,(H,36,41)/t29-,30-/m0/s1. The van der Waals surface area contributed by atoms with Crippen LogP contribution in [0.25, 0.3) is 0 Å². The molecule has 0 unspecified atom stereocenters. The Bertz CT molecular complexity index is 1280. The first-order valence-corrected chi connectivity index (χ1v) is 16.4. The summed E-state index contributed by atoms with van der Waals surface area (Å²) >= 11 is 0. The fourth-order valence-electron chi connectivity index (χ4n) is 7.02. The predicted octanol–water partition coefficient (Wildman–Crippen LogP) is 3.68. The third kappa shape index (κ3) is 8.18. The Balaban J connectivity index is 1.16. The van der Waals surface area contributed by atoms with Crippen molar-refractivity contribution in [3.8, 4) is 5.75 Å². The molecule has 2 heterocycles. The minimum absolute atomic E-state index is 0.0484. The first-order chi connectivity index (χ1) is 21.4. The highest BCUT2D eigenvalue weighted by Crippen LogP contribution is 2.28. The van der Waals surface area contributed by atoms with Crippen LogP contribution in [-0.4, -0.2) is 88.2 Å². The van der Waals surface area contributed by atoms with Gasteiger partial charge in [-0.25, -0.2) is 0 Å². The number of amides is 4. The van der Waals surface area contributed by atoms with E-state index in [2.05, 4.69) is 17.4 Å². The molecule has 236 valence electrons. The number of aromatic hydroxyl groups is 1. The Hall–Kier alpha value is -3.88. The Morgan fingerprint density at radius 2 is 1.43 bits per heavy atom. The summed E-state index contributed by atoms with van der Waals surface area (Å²) in [6.07, 6.45) is 10.7. The molecule has 44 heavy (non-hydrogen) atoms. The van der Waals surface area contributed by atoms with Gasteiger partial charge in [-0.15, -0.1) is 0 Å². The number of piperazine rings is 2. The molecule has 0 aromatic heterocycles. The lowest BCUT2D eigenvalue weighted by Crippen LogP contribution is -2.60. The van der Waals surface area contributed by atoms with Crippen molar-refractivity contribution in [1.82, 2.24) is 20.0 Å². The van der Waals surface area contributed by atoms with Crippen LogP contribution in [0.4, 0.5) is 0 Å². The molecule has 2 aromatic carbocycles. The van der Waals surface area contributed by atoms with Gasteiger partial charge in [-0.2, -0.15) is 0 Å². The monoisotopic (exact) mass is 602 g/mol. The zero-order chi connectivity index (χ0) is 30.9. The quantitative estimate of drug-likeness (QED) is 0.269. The molecular formula is C35H46N4O5. The molecule has 0 radical (unpaired) electrons. The van der Waals surface area contributed by atoms with Crippen molar-refractivity contribution in [2.45, 2.75) is 82.7 Å². The van der Waals surface area contributed by atoms with Gasteiger partial charge in [0.1, 0.15) is 5.75 Å². The van der Waals surface area contributed by atoms with Gasteiger partial charge in [-0.1, -0.05) is 74.6 Å². The highest BCUT2D eigenvalue weighted by Gasteiger charge is 2.39. The molecule has 2 aliphatic heterocycles. The second-order valence-electron chi connectivity index (χ2n) is 12.7. The van der Waals surface area contributed by atoms with Crippen LogP contribution in [0.2, 0.25) is 0 Å². The Labute approximate surface area is 260 Å². The molecule has 2 aromatic rings. The minimum Gasteiger partial charge on any atom is -0.508 e. The third-order valence-electron chi connectivity index (χ3n) is 9.61. The molecule has 0 spiro atoms. The number of carbonyl (C=O) groups excluding carboxylic acids is 4. The summed E-state index contributed by atoms with van der Waals surface area (Å²) in [6.45, 7) is 2.48. The average molecular weight is 603 g/mol. The van der Waals surface area contributed by atoms with Gasteiger partial charge < -0.3 is 25.1 Å². The van der Waals surface area contributed by atoms with E-state index in [1.807, 2.05) is 35.2 Å². The van der Waals surface area contributed by atoms with Crippen molar-refractivity contribution in [1.29, 1.82) is 0 Å². The van der Waals surface area contributed by atoms with Gasteiger partial charge in [0.05, 0.1) is 6.04 Å². The van der Waals surface area contributed by atoms with E-state index in [9.17, 15) is 24.3 Å². The first-order valence-electron chi connectivity index (χ1n) is 16.4. The zero-order valence-corrected chi connectivity index (χ0v) is 25.7. The lowest BCUT2D eigenvalue weighted by molar-refractivity contribution is -0.159. The number of hydrogen-bond acceptors (Lipinski definition) is 5. The third-order valence-corrected chi connectivity index (χ3v) is 9.61. The second kappa shape index (κ2) is 15.2. The van der Waals surface area contributed by atoms with Crippen molar-refractivity contribution >= 4 is 23.6 Å². The smallest absolute Gasteiger partial charge is 0.312 e. The summed E-state index contributed by atoms with van der Waals surface area (Å²) in [4.78, 5) is 56.8. The van der Waals surface area contributed by atoms with Crippen molar-refractivity contribution in [3.05, 3.63) is 65.7 Å². The largest absolute Gasteiger partial charge is 0.508 e. The van der Waals surface area contributed by atoms with Crippen molar-refractivity contribution in [2.75, 3.05) is 32.7 Å². The molecule has 2 N–H and O–H groups in total. The van der Waals surface area contributed by atoms with E-state index >= 15 is 0 Å². The number of carbonyl (C=O) groups is 4. The molecule has 5 rings (SSSR count). The summed E-state index contributed by atoms with van der Waals surface area (Å²) in [5.74, 6) is -1.06. The number of unbranched alkanes of at least 4 members (excludes halogenated alkanes) is 1. The summed E-state index contributed by atoms with van der Waals surface area (Å²) in [6, 6.07) is 16.9. The number of hydrogen-bond donors (Lipinski definition) is 2. The van der Waals surface area contributed by atoms with Gasteiger partial charge in [0.25, 0.3) is 0 Å². The lowest BCUT2D eigenvalue weighted by Gasteiger charge is -2.41. The maximum Gasteiger partial charge on any atom is 0.312 e. The van der Waals surface area contributed by atoms with Gasteiger partial charge in [0, 0.05) is 38.8 Å². The van der Waals surface area contributed by atoms with Crippen LogP contribution < -0.4 is 5.32 Å². The normalized spacial score (nSPS) is 21.6. The predicted molar refractivity (Wildman–Crippen MR) is 168 cm³/mol. The average Bonchev–Trinajstić information content (AvgIpc) is 3.04. The minimum atomic E-state index is -0.582. The van der Waals surface area contributed by atoms with E-state index in [1.54, 1.807) is 21.9 Å². The zero-order valence-electron chi connectivity index (χ0n) is 25.7. The van der Waals surface area contributed by atoms with Gasteiger partial charge in [0.2, 0.25) is 0 Å². The van der Waals surface area contributed by atoms with E-state index in [0.717, 1.165) is 24.8 Å². The topological polar surface area (TPSA) is 110 Å². The van der Waals surface area contributed by atoms with Crippen LogP contribution in [0, 0.1) is 5.92 Å². The van der Waals surface area contributed by atoms with Crippen LogP contribution in [0.5, 0.6) is 5.75 Å². The van der Waals surface area contributed by atoms with E-state index in [1.165, 1.54) is 37.7 Å². The van der Waals surface area contributed by atoms with Crippen LogP contribution in [-0.2, 0) is 32.0 Å². The van der Waals surface area contributed by atoms with Gasteiger partial charge in [-0.05, 0) is 67.7 Å². The van der Waals surface area contributed by atoms with E-state index in [-0.39, 0.29) is 23.7 Å². The highest BCUT2D eigenvalue weighted by molar-refractivity contribution is 6.36. The van der Waals surface area contributed by atoms with E-state index < -0.39 is 17.7 Å². The molecular weight excluding hydrogens is 556 g/mol. The van der Waals surface area contributed by atoms with Crippen LogP contribution >= 0.6 is 0 Å². The molecule has 9 heteroatoms.